The van der Waals surface area contributed by atoms with E-state index in [9.17, 15) is 0 Å². The second kappa shape index (κ2) is 12.4. The molecule has 0 aliphatic heterocycles. The quantitative estimate of drug-likeness (QED) is 0.169. The third kappa shape index (κ3) is 4.47. The highest BCUT2D eigenvalue weighted by Gasteiger charge is 2.48. The van der Waals surface area contributed by atoms with Crippen molar-refractivity contribution in [2.75, 3.05) is 4.90 Å². The minimum absolute atomic E-state index is 0.191. The van der Waals surface area contributed by atoms with Gasteiger partial charge in [-0.25, -0.2) is 0 Å². The third-order valence-corrected chi connectivity index (χ3v) is 14.2. The molecule has 12 rings (SSSR count). The van der Waals surface area contributed by atoms with Crippen LogP contribution < -0.4 is 4.90 Å². The lowest BCUT2D eigenvalue weighted by Crippen LogP contribution is -2.28. The van der Waals surface area contributed by atoms with E-state index in [0.29, 0.717) is 0 Å². The van der Waals surface area contributed by atoms with Crippen LogP contribution in [0.25, 0.3) is 53.2 Å². The molecule has 0 fully saturated rings. The summed E-state index contributed by atoms with van der Waals surface area (Å²) in [7, 11) is 0. The van der Waals surface area contributed by atoms with Crippen LogP contribution in [-0.2, 0) is 10.8 Å². The Bertz CT molecular complexity index is 3220. The molecule has 0 spiro atoms. The lowest BCUT2D eigenvalue weighted by molar-refractivity contribution is 0.666. The van der Waals surface area contributed by atoms with E-state index >= 15 is 0 Å². The van der Waals surface area contributed by atoms with Crippen molar-refractivity contribution < 1.29 is 0 Å². The fourth-order valence-electron chi connectivity index (χ4n) is 10.7. The first-order valence-electron chi connectivity index (χ1n) is 20.3. The molecule has 9 aromatic carbocycles. The largest absolute Gasteiger partial charge is 0.309 e. The topological polar surface area (TPSA) is 3.24 Å². The Balaban J connectivity index is 1.24. The first kappa shape index (κ1) is 33.4. The van der Waals surface area contributed by atoms with Crippen LogP contribution in [-0.4, -0.2) is 0 Å². The van der Waals surface area contributed by atoms with E-state index in [1.807, 2.05) is 11.3 Å². The maximum absolute atomic E-state index is 2.61. The Hall–Kier alpha value is -6.74. The van der Waals surface area contributed by atoms with Gasteiger partial charge < -0.3 is 4.90 Å². The molecule has 0 amide bonds. The Morgan fingerprint density at radius 3 is 1.76 bits per heavy atom. The summed E-state index contributed by atoms with van der Waals surface area (Å²) >= 11 is 1.88. The standard InChI is InChI=1S/C56H39NS/c1-55(2)45-27-14-11-25-43(45)53-49(34-36-18-9-10-23-40(36)54(53)55)57(39-32-33-42-41-24-13-16-31-50(41)58-51(42)35-39)48-30-17-29-47-52(48)44-26-12-15-28-46(44)56(47,37-19-5-3-6-20-37)38-21-7-4-8-22-38/h3-35H,1-2H3. The first-order valence-corrected chi connectivity index (χ1v) is 21.1. The van der Waals surface area contributed by atoms with Crippen LogP contribution in [0, 0.1) is 0 Å². The zero-order valence-corrected chi connectivity index (χ0v) is 33.2. The van der Waals surface area contributed by atoms with Gasteiger partial charge >= 0.3 is 0 Å². The number of rotatable bonds is 5. The van der Waals surface area contributed by atoms with Gasteiger partial charge in [-0.05, 0) is 85.6 Å². The van der Waals surface area contributed by atoms with Crippen molar-refractivity contribution in [2.45, 2.75) is 24.7 Å². The predicted octanol–water partition coefficient (Wildman–Crippen LogP) is 15.3. The minimum atomic E-state index is -0.508. The molecule has 1 aromatic heterocycles. The van der Waals surface area contributed by atoms with Gasteiger partial charge in [-0.1, -0.05) is 184 Å². The average Bonchev–Trinajstić information content (AvgIpc) is 3.88. The number of fused-ring (bicyclic) bond motifs is 11. The average molecular weight is 758 g/mol. The lowest BCUT2D eigenvalue weighted by atomic mass is 9.68. The maximum atomic E-state index is 2.61. The molecular formula is C56H39NS. The van der Waals surface area contributed by atoms with Gasteiger partial charge in [0.15, 0.2) is 0 Å². The van der Waals surface area contributed by atoms with Gasteiger partial charge in [-0.2, -0.15) is 0 Å². The first-order chi connectivity index (χ1) is 28.5. The van der Waals surface area contributed by atoms with Crippen LogP contribution in [0.15, 0.2) is 200 Å². The molecule has 0 atom stereocenters. The van der Waals surface area contributed by atoms with Crippen LogP contribution >= 0.6 is 11.3 Å². The SMILES string of the molecule is CC1(C)c2ccccc2-c2c(N(c3ccc4c(c3)sc3ccccc34)c3cccc4c3-c3ccccc3C4(c3ccccc3)c3ccccc3)cc3ccccc3c21. The summed E-state index contributed by atoms with van der Waals surface area (Å²) in [4.78, 5) is 2.61. The summed E-state index contributed by atoms with van der Waals surface area (Å²) in [6.07, 6.45) is 0. The number of anilines is 3. The van der Waals surface area contributed by atoms with Crippen molar-refractivity contribution in [3.63, 3.8) is 0 Å². The minimum Gasteiger partial charge on any atom is -0.309 e. The predicted molar refractivity (Wildman–Crippen MR) is 246 cm³/mol. The van der Waals surface area contributed by atoms with Gasteiger partial charge in [0, 0.05) is 42.4 Å². The fraction of sp³-hybridized carbons (Fsp3) is 0.0714. The molecule has 1 nitrogen and oxygen atoms in total. The van der Waals surface area contributed by atoms with Crippen molar-refractivity contribution in [3.05, 3.63) is 234 Å². The smallest absolute Gasteiger partial charge is 0.0714 e. The molecule has 0 N–H and O–H groups in total. The summed E-state index contributed by atoms with van der Waals surface area (Å²) in [5, 5.41) is 5.18. The van der Waals surface area contributed by atoms with E-state index in [0.717, 1.165) is 5.69 Å². The monoisotopic (exact) mass is 757 g/mol. The zero-order chi connectivity index (χ0) is 38.6. The van der Waals surface area contributed by atoms with E-state index in [1.54, 1.807) is 0 Å². The molecule has 1 heterocycles. The fourth-order valence-corrected chi connectivity index (χ4v) is 11.9. The summed E-state index contributed by atoms with van der Waals surface area (Å²) in [5.74, 6) is 0. The summed E-state index contributed by atoms with van der Waals surface area (Å²) in [6, 6.07) is 75.0. The Kier molecular flexibility index (Phi) is 7.13. The molecular weight excluding hydrogens is 719 g/mol. The molecule has 0 bridgehead atoms. The highest BCUT2D eigenvalue weighted by Crippen LogP contribution is 2.62. The molecule has 0 saturated carbocycles. The van der Waals surface area contributed by atoms with Crippen LogP contribution in [0.5, 0.6) is 0 Å². The van der Waals surface area contributed by atoms with Gasteiger partial charge in [0.25, 0.3) is 0 Å². The highest BCUT2D eigenvalue weighted by molar-refractivity contribution is 7.25. The van der Waals surface area contributed by atoms with Crippen molar-refractivity contribution >= 4 is 59.3 Å². The molecule has 58 heavy (non-hydrogen) atoms. The second-order valence-electron chi connectivity index (χ2n) is 16.4. The Morgan fingerprint density at radius 1 is 0.414 bits per heavy atom. The van der Waals surface area contributed by atoms with Crippen molar-refractivity contribution in [1.82, 2.24) is 0 Å². The lowest BCUT2D eigenvalue weighted by Gasteiger charge is -2.35. The van der Waals surface area contributed by atoms with Gasteiger partial charge in [0.1, 0.15) is 0 Å². The second-order valence-corrected chi connectivity index (χ2v) is 17.5. The molecule has 2 aliphatic rings. The molecule has 10 aromatic rings. The molecule has 2 heteroatoms. The van der Waals surface area contributed by atoms with Crippen LogP contribution in [0.2, 0.25) is 0 Å². The van der Waals surface area contributed by atoms with Crippen molar-refractivity contribution in [1.29, 1.82) is 0 Å². The van der Waals surface area contributed by atoms with Gasteiger partial charge in [-0.15, -0.1) is 11.3 Å². The number of nitrogens with zero attached hydrogens (tertiary/aromatic N) is 1. The van der Waals surface area contributed by atoms with Crippen molar-refractivity contribution in [3.8, 4) is 22.3 Å². The van der Waals surface area contributed by atoms with E-state index in [-0.39, 0.29) is 5.41 Å². The van der Waals surface area contributed by atoms with Gasteiger partial charge in [0.05, 0.1) is 16.8 Å². The van der Waals surface area contributed by atoms with Gasteiger partial charge in [-0.3, -0.25) is 0 Å². The molecule has 0 unspecified atom stereocenters. The summed E-state index contributed by atoms with van der Waals surface area (Å²) in [5.41, 5.74) is 15.9. The van der Waals surface area contributed by atoms with E-state index in [4.69, 9.17) is 0 Å². The number of hydrogen-bond acceptors (Lipinski definition) is 2. The third-order valence-electron chi connectivity index (χ3n) is 13.1. The number of benzene rings is 9. The van der Waals surface area contributed by atoms with Crippen molar-refractivity contribution in [2.24, 2.45) is 0 Å². The van der Waals surface area contributed by atoms with Crippen LogP contribution in [0.4, 0.5) is 17.1 Å². The number of hydrogen-bond donors (Lipinski definition) is 0. The molecule has 2 aliphatic carbocycles. The zero-order valence-electron chi connectivity index (χ0n) is 32.4. The number of thiophene rings is 1. The summed E-state index contributed by atoms with van der Waals surface area (Å²) in [6.45, 7) is 4.82. The van der Waals surface area contributed by atoms with Crippen LogP contribution in [0.1, 0.15) is 47.2 Å². The van der Waals surface area contributed by atoms with Gasteiger partial charge in [0.2, 0.25) is 0 Å². The Morgan fingerprint density at radius 2 is 1.00 bits per heavy atom. The van der Waals surface area contributed by atoms with E-state index in [1.165, 1.54) is 98.0 Å². The summed E-state index contributed by atoms with van der Waals surface area (Å²) < 4.78 is 2.60. The van der Waals surface area contributed by atoms with E-state index < -0.39 is 5.41 Å². The van der Waals surface area contributed by atoms with Crippen LogP contribution in [0.3, 0.4) is 0 Å². The molecule has 0 saturated heterocycles. The molecule has 274 valence electrons. The Labute approximate surface area is 343 Å². The normalized spacial score (nSPS) is 14.3. The van der Waals surface area contributed by atoms with E-state index in [2.05, 4.69) is 219 Å². The molecule has 0 radical (unpaired) electrons. The maximum Gasteiger partial charge on any atom is 0.0714 e. The highest BCUT2D eigenvalue weighted by atomic mass is 32.1.